The molecule has 0 saturated carbocycles. The van der Waals surface area contributed by atoms with E-state index in [0.717, 1.165) is 33.4 Å². The van der Waals surface area contributed by atoms with Crippen LogP contribution in [0.2, 0.25) is 0 Å². The molecule has 7 rings (SSSR count). The summed E-state index contributed by atoms with van der Waals surface area (Å²) in [4.78, 5) is 7.23. The van der Waals surface area contributed by atoms with Crippen LogP contribution in [0.15, 0.2) is 150 Å². The average Bonchev–Trinajstić information content (AvgIpc) is 3.14. The van der Waals surface area contributed by atoms with E-state index in [-0.39, 0.29) is 0 Å². The molecule has 0 bridgehead atoms. The molecule has 9 nitrogen and oxygen atoms in total. The Hall–Kier alpha value is -4.87. The van der Waals surface area contributed by atoms with Gasteiger partial charge in [-0.2, -0.15) is 0 Å². The molecule has 276 valence electrons. The zero-order chi connectivity index (χ0) is 37.8. The Kier molecular flexibility index (Phi) is 11.0. The van der Waals surface area contributed by atoms with Crippen LogP contribution in [0.5, 0.6) is 34.5 Å². The van der Waals surface area contributed by atoms with Crippen LogP contribution in [0, 0.1) is 41.5 Å². The number of rotatable bonds is 12. The van der Waals surface area contributed by atoms with Crippen molar-refractivity contribution in [2.24, 2.45) is 4.52 Å². The molecular weight excluding hydrogens is 735 g/mol. The van der Waals surface area contributed by atoms with Crippen molar-refractivity contribution in [3.63, 3.8) is 0 Å². The number of nitrogens with zero attached hydrogens (tertiary/aromatic N) is 1. The lowest BCUT2D eigenvalue weighted by Crippen LogP contribution is -2.41. The standard InChI is InChI=1S/C42H44N3O6P3/c1-31-22-25-40(28-34(31)4)49-52(46-37-16-10-7-11-17-37)43-53(47-38-18-12-8-13-19-38,50-41-26-23-32(2)35(5)29-41)45-54(44-52,48-39-20-14-9-15-21-39)51-42-27-24-33(3)36(6)30-42/h7-30,43-44H,1-6H3/q+2. The Bertz CT molecular complexity index is 2300. The van der Waals surface area contributed by atoms with Gasteiger partial charge < -0.3 is 9.05 Å². The summed E-state index contributed by atoms with van der Waals surface area (Å²) in [7, 11) is -11.3. The third kappa shape index (κ3) is 8.90. The Morgan fingerprint density at radius 3 is 1.31 bits per heavy atom. The lowest BCUT2D eigenvalue weighted by molar-refractivity contribution is 0.403. The van der Waals surface area contributed by atoms with Crippen LogP contribution in [0.4, 0.5) is 0 Å². The smallest absolute Gasteiger partial charge is 0.415 e. The first-order chi connectivity index (χ1) is 26.0. The minimum absolute atomic E-state index is 0.515. The number of para-hydroxylation sites is 3. The van der Waals surface area contributed by atoms with Crippen molar-refractivity contribution in [3.8, 4) is 34.5 Å². The van der Waals surface area contributed by atoms with Crippen molar-refractivity contribution in [1.82, 2.24) is 9.72 Å². The van der Waals surface area contributed by atoms with Crippen molar-refractivity contribution >= 4 is 23.7 Å². The quantitative estimate of drug-likeness (QED) is 0.119. The van der Waals surface area contributed by atoms with Gasteiger partial charge in [-0.3, -0.25) is 18.1 Å². The number of aryl methyl sites for hydroxylation is 6. The van der Waals surface area contributed by atoms with E-state index in [1.807, 2.05) is 166 Å². The van der Waals surface area contributed by atoms with Crippen LogP contribution in [-0.2, 0) is 0 Å². The molecule has 12 heteroatoms. The van der Waals surface area contributed by atoms with Gasteiger partial charge in [0.05, 0.1) is 4.52 Å². The Morgan fingerprint density at radius 1 is 0.407 bits per heavy atom. The number of nitrogens with one attached hydrogen (secondary N) is 2. The van der Waals surface area contributed by atoms with Gasteiger partial charge in [-0.05, 0) is 148 Å². The normalized spacial score (nSPS) is 20.6. The maximum atomic E-state index is 7.07. The number of hydrogen-bond acceptors (Lipinski definition) is 9. The van der Waals surface area contributed by atoms with Crippen molar-refractivity contribution in [2.75, 3.05) is 0 Å². The van der Waals surface area contributed by atoms with Gasteiger partial charge in [-0.25, -0.2) is 0 Å². The summed E-state index contributed by atoms with van der Waals surface area (Å²) in [6.07, 6.45) is 0. The molecule has 0 saturated heterocycles. The summed E-state index contributed by atoms with van der Waals surface area (Å²) < 4.78 is 47.5. The number of hydrogen-bond donors (Lipinski definition) is 2. The first-order valence-corrected chi connectivity index (χ1v) is 22.3. The minimum Gasteiger partial charge on any atom is -0.415 e. The minimum atomic E-state index is -3.79. The molecule has 0 amide bonds. The fourth-order valence-electron chi connectivity index (χ4n) is 5.47. The Morgan fingerprint density at radius 2 is 0.796 bits per heavy atom. The Labute approximate surface area is 319 Å². The van der Waals surface area contributed by atoms with Gasteiger partial charge in [0.25, 0.3) is 0 Å². The zero-order valence-electron chi connectivity index (χ0n) is 31.1. The maximum absolute atomic E-state index is 7.07. The van der Waals surface area contributed by atoms with Gasteiger partial charge in [0, 0.05) is 4.86 Å². The topological polar surface area (TPSA) is 91.8 Å². The van der Waals surface area contributed by atoms with Crippen LogP contribution >= 0.6 is 23.7 Å². The predicted octanol–water partition coefficient (Wildman–Crippen LogP) is 12.8. The van der Waals surface area contributed by atoms with Crippen LogP contribution < -0.4 is 36.9 Å². The molecule has 1 heterocycles. The molecule has 6 aromatic rings. The SMILES string of the molecule is Cc1ccc(OP2(Oc3ccccc3)=N[P+](Oc3ccccc3)(Oc3ccc(C)c(C)c3)N[P+](Oc3ccccc3)(Oc3ccc(C)c(C)c3)N2)cc1C. The van der Waals surface area contributed by atoms with Gasteiger partial charge >= 0.3 is 23.7 Å². The summed E-state index contributed by atoms with van der Waals surface area (Å²) in [6.45, 7) is 12.3. The van der Waals surface area contributed by atoms with Crippen LogP contribution in [0.25, 0.3) is 0 Å². The first-order valence-electron chi connectivity index (χ1n) is 17.6. The van der Waals surface area contributed by atoms with Gasteiger partial charge in [-0.15, -0.1) is 0 Å². The molecule has 0 radical (unpaired) electrons. The summed E-state index contributed by atoms with van der Waals surface area (Å²) in [6, 6.07) is 46.0. The highest BCUT2D eigenvalue weighted by molar-refractivity contribution is 7.89. The summed E-state index contributed by atoms with van der Waals surface area (Å²) in [5, 5.41) is 0. The lowest BCUT2D eigenvalue weighted by Gasteiger charge is -2.34. The van der Waals surface area contributed by atoms with Crippen molar-refractivity contribution in [3.05, 3.63) is 179 Å². The van der Waals surface area contributed by atoms with Gasteiger partial charge in [0.1, 0.15) is 16.4 Å². The predicted molar refractivity (Wildman–Crippen MR) is 220 cm³/mol. The highest BCUT2D eigenvalue weighted by atomic mass is 31.3. The molecule has 3 atom stereocenters. The van der Waals surface area contributed by atoms with Crippen LogP contribution in [-0.4, -0.2) is 0 Å². The molecule has 0 aromatic heterocycles. The molecule has 0 spiro atoms. The first kappa shape index (κ1) is 37.4. The van der Waals surface area contributed by atoms with Gasteiger partial charge in [0.2, 0.25) is 0 Å². The molecular formula is C42H44N3O6P3+2. The van der Waals surface area contributed by atoms with Gasteiger partial charge in [0.15, 0.2) is 23.0 Å². The number of benzene rings is 6. The van der Waals surface area contributed by atoms with E-state index < -0.39 is 23.7 Å². The van der Waals surface area contributed by atoms with E-state index in [2.05, 4.69) is 30.5 Å². The largest absolute Gasteiger partial charge is 0.617 e. The Balaban J connectivity index is 1.51. The van der Waals surface area contributed by atoms with E-state index in [4.69, 9.17) is 31.7 Å². The second-order valence-electron chi connectivity index (χ2n) is 13.1. The zero-order valence-corrected chi connectivity index (χ0v) is 33.8. The summed E-state index contributed by atoms with van der Waals surface area (Å²) >= 11 is 0. The molecule has 54 heavy (non-hydrogen) atoms. The van der Waals surface area contributed by atoms with Crippen molar-refractivity contribution in [2.45, 2.75) is 41.5 Å². The molecule has 1 aliphatic heterocycles. The second-order valence-corrected chi connectivity index (χ2v) is 19.7. The van der Waals surface area contributed by atoms with E-state index in [0.29, 0.717) is 34.5 Å². The summed E-state index contributed by atoms with van der Waals surface area (Å²) in [5.41, 5.74) is 6.50. The molecule has 3 unspecified atom stereocenters. The molecule has 6 aromatic carbocycles. The van der Waals surface area contributed by atoms with E-state index in [1.165, 1.54) is 0 Å². The van der Waals surface area contributed by atoms with Crippen molar-refractivity contribution < 1.29 is 27.1 Å². The molecule has 0 aliphatic carbocycles. The fraction of sp³-hybridized carbons (Fsp3) is 0.143. The monoisotopic (exact) mass is 779 g/mol. The third-order valence-electron chi connectivity index (χ3n) is 8.80. The van der Waals surface area contributed by atoms with Crippen LogP contribution in [0.1, 0.15) is 33.4 Å². The van der Waals surface area contributed by atoms with E-state index in [9.17, 15) is 0 Å². The lowest BCUT2D eigenvalue weighted by atomic mass is 10.1. The van der Waals surface area contributed by atoms with Crippen LogP contribution in [0.3, 0.4) is 0 Å². The van der Waals surface area contributed by atoms with Gasteiger partial charge in [-0.1, -0.05) is 72.8 Å². The molecule has 1 aliphatic rings. The highest BCUT2D eigenvalue weighted by Crippen LogP contribution is 2.79. The highest BCUT2D eigenvalue weighted by Gasteiger charge is 2.75. The average molecular weight is 780 g/mol. The maximum Gasteiger partial charge on any atom is 0.617 e. The fourth-order valence-corrected chi connectivity index (χ4v) is 15.4. The van der Waals surface area contributed by atoms with E-state index in [1.54, 1.807) is 0 Å². The van der Waals surface area contributed by atoms with E-state index >= 15 is 0 Å². The summed E-state index contributed by atoms with van der Waals surface area (Å²) in [5.74, 6) is 3.19. The molecule has 2 N–H and O–H groups in total. The third-order valence-corrected chi connectivity index (χ3v) is 17.6. The van der Waals surface area contributed by atoms with Crippen molar-refractivity contribution in [1.29, 1.82) is 0 Å². The second kappa shape index (κ2) is 15.8. The molecule has 0 fully saturated rings.